The molecule has 0 amide bonds. The summed E-state index contributed by atoms with van der Waals surface area (Å²) in [5.41, 5.74) is 2.27. The van der Waals surface area contributed by atoms with E-state index in [0.717, 1.165) is 6.54 Å². The minimum atomic E-state index is -0.248. The Balaban J connectivity index is 2.53. The highest BCUT2D eigenvalue weighted by atomic mass is 16.1. The van der Waals surface area contributed by atoms with E-state index >= 15 is 0 Å². The lowest BCUT2D eigenvalue weighted by Crippen LogP contribution is -2.33. The van der Waals surface area contributed by atoms with E-state index in [0.29, 0.717) is 6.54 Å². The monoisotopic (exact) mass is 233 g/mol. The van der Waals surface area contributed by atoms with Crippen LogP contribution in [0.2, 0.25) is 0 Å². The van der Waals surface area contributed by atoms with Crippen LogP contribution in [-0.4, -0.2) is 24.3 Å². The second-order valence-electron chi connectivity index (χ2n) is 5.83. The summed E-state index contributed by atoms with van der Waals surface area (Å²) in [6.45, 7) is 9.31. The Morgan fingerprint density at radius 1 is 1.18 bits per heavy atom. The first kappa shape index (κ1) is 13.9. The number of aryl methyl sites for hydroxylation is 1. The van der Waals surface area contributed by atoms with Gasteiger partial charge in [-0.15, -0.1) is 0 Å². The van der Waals surface area contributed by atoms with Gasteiger partial charge >= 0.3 is 0 Å². The molecule has 0 aliphatic heterocycles. The van der Waals surface area contributed by atoms with Gasteiger partial charge in [-0.3, -0.25) is 9.69 Å². The van der Waals surface area contributed by atoms with Crippen molar-refractivity contribution in [2.24, 2.45) is 5.41 Å². The van der Waals surface area contributed by atoms with E-state index in [1.54, 1.807) is 0 Å². The number of benzene rings is 1. The molecule has 94 valence electrons. The summed E-state index contributed by atoms with van der Waals surface area (Å²) in [6.07, 6.45) is 0. The molecule has 1 aromatic carbocycles. The smallest absolute Gasteiger partial charge is 0.152 e. The molecule has 2 nitrogen and oxygen atoms in total. The highest BCUT2D eigenvalue weighted by Gasteiger charge is 2.22. The SMILES string of the molecule is Cc1ccc(CN(C)CC(=O)C(C)(C)C)cc1. The van der Waals surface area contributed by atoms with Crippen molar-refractivity contribution in [2.45, 2.75) is 34.2 Å². The maximum absolute atomic E-state index is 11.9. The third kappa shape index (κ3) is 4.70. The molecular weight excluding hydrogens is 210 g/mol. The zero-order valence-corrected chi connectivity index (χ0v) is 11.6. The Morgan fingerprint density at radius 2 is 1.71 bits per heavy atom. The lowest BCUT2D eigenvalue weighted by atomic mass is 9.90. The topological polar surface area (TPSA) is 20.3 Å². The average Bonchev–Trinajstić information content (AvgIpc) is 2.20. The third-order valence-corrected chi connectivity index (χ3v) is 2.82. The number of hydrogen-bond donors (Lipinski definition) is 0. The van der Waals surface area contributed by atoms with Crippen molar-refractivity contribution in [3.63, 3.8) is 0 Å². The molecule has 2 heteroatoms. The van der Waals surface area contributed by atoms with E-state index in [1.807, 2.05) is 27.8 Å². The summed E-state index contributed by atoms with van der Waals surface area (Å²) in [5.74, 6) is 0.284. The van der Waals surface area contributed by atoms with Gasteiger partial charge in [0.25, 0.3) is 0 Å². The first-order valence-corrected chi connectivity index (χ1v) is 6.06. The van der Waals surface area contributed by atoms with Crippen LogP contribution < -0.4 is 0 Å². The molecule has 17 heavy (non-hydrogen) atoms. The van der Waals surface area contributed by atoms with Gasteiger partial charge in [-0.2, -0.15) is 0 Å². The minimum Gasteiger partial charge on any atom is -0.298 e. The molecule has 0 unspecified atom stereocenters. The maximum Gasteiger partial charge on any atom is 0.152 e. The van der Waals surface area contributed by atoms with Crippen LogP contribution in [0.5, 0.6) is 0 Å². The fourth-order valence-electron chi connectivity index (χ4n) is 1.54. The number of likely N-dealkylation sites (N-methyl/N-ethyl adjacent to an activating group) is 1. The Bertz CT molecular complexity index is 373. The Kier molecular flexibility index (Phi) is 4.47. The normalized spacial score (nSPS) is 11.9. The molecule has 0 N–H and O–H groups in total. The van der Waals surface area contributed by atoms with Gasteiger partial charge in [0.2, 0.25) is 0 Å². The van der Waals surface area contributed by atoms with Gasteiger partial charge in [-0.25, -0.2) is 0 Å². The van der Waals surface area contributed by atoms with Crippen LogP contribution in [0.1, 0.15) is 31.9 Å². The molecule has 0 bridgehead atoms. The summed E-state index contributed by atoms with van der Waals surface area (Å²) in [7, 11) is 1.99. The lowest BCUT2D eigenvalue weighted by molar-refractivity contribution is -0.127. The van der Waals surface area contributed by atoms with Gasteiger partial charge < -0.3 is 0 Å². The lowest BCUT2D eigenvalue weighted by Gasteiger charge is -2.22. The van der Waals surface area contributed by atoms with Crippen LogP contribution in [-0.2, 0) is 11.3 Å². The zero-order chi connectivity index (χ0) is 13.1. The van der Waals surface area contributed by atoms with Crippen molar-refractivity contribution in [1.82, 2.24) is 4.90 Å². The number of nitrogens with zero attached hydrogens (tertiary/aromatic N) is 1. The summed E-state index contributed by atoms with van der Waals surface area (Å²) >= 11 is 0. The van der Waals surface area contributed by atoms with Crippen LogP contribution in [0.4, 0.5) is 0 Å². The van der Waals surface area contributed by atoms with Crippen molar-refractivity contribution in [1.29, 1.82) is 0 Å². The van der Waals surface area contributed by atoms with Crippen molar-refractivity contribution >= 4 is 5.78 Å². The highest BCUT2D eigenvalue weighted by molar-refractivity contribution is 5.85. The molecule has 0 atom stereocenters. The van der Waals surface area contributed by atoms with Gasteiger partial charge in [0.05, 0.1) is 6.54 Å². The Labute approximate surface area is 105 Å². The van der Waals surface area contributed by atoms with Crippen LogP contribution >= 0.6 is 0 Å². The van der Waals surface area contributed by atoms with Gasteiger partial charge in [-0.1, -0.05) is 50.6 Å². The van der Waals surface area contributed by atoms with E-state index in [2.05, 4.69) is 36.1 Å². The molecule has 0 aliphatic carbocycles. The highest BCUT2D eigenvalue weighted by Crippen LogP contribution is 2.15. The van der Waals surface area contributed by atoms with Crippen LogP contribution in [0, 0.1) is 12.3 Å². The van der Waals surface area contributed by atoms with Crippen molar-refractivity contribution in [3.8, 4) is 0 Å². The molecule has 0 heterocycles. The molecule has 1 aromatic rings. The van der Waals surface area contributed by atoms with Crippen molar-refractivity contribution in [3.05, 3.63) is 35.4 Å². The molecule has 0 spiro atoms. The second kappa shape index (κ2) is 5.46. The Morgan fingerprint density at radius 3 is 2.18 bits per heavy atom. The number of ketones is 1. The predicted molar refractivity (Wildman–Crippen MR) is 72.0 cm³/mol. The standard InChI is InChI=1S/C15H23NO/c1-12-6-8-13(9-7-12)10-16(5)11-14(17)15(2,3)4/h6-9H,10-11H2,1-5H3. The van der Waals surface area contributed by atoms with Crippen LogP contribution in [0.3, 0.4) is 0 Å². The first-order valence-electron chi connectivity index (χ1n) is 6.06. The van der Waals surface area contributed by atoms with Gasteiger partial charge in [-0.05, 0) is 19.5 Å². The van der Waals surface area contributed by atoms with E-state index < -0.39 is 0 Å². The minimum absolute atomic E-state index is 0.248. The fourth-order valence-corrected chi connectivity index (χ4v) is 1.54. The van der Waals surface area contributed by atoms with Crippen molar-refractivity contribution in [2.75, 3.05) is 13.6 Å². The molecular formula is C15H23NO. The van der Waals surface area contributed by atoms with Crippen molar-refractivity contribution < 1.29 is 4.79 Å². The van der Waals surface area contributed by atoms with Gasteiger partial charge in [0.15, 0.2) is 5.78 Å². The summed E-state index contributed by atoms with van der Waals surface area (Å²) in [5, 5.41) is 0. The molecule has 0 aromatic heterocycles. The second-order valence-corrected chi connectivity index (χ2v) is 5.83. The maximum atomic E-state index is 11.9. The molecule has 0 radical (unpaired) electrons. The summed E-state index contributed by atoms with van der Waals surface area (Å²) in [6, 6.07) is 8.45. The largest absolute Gasteiger partial charge is 0.298 e. The number of carbonyl (C=O) groups is 1. The average molecular weight is 233 g/mol. The molecule has 1 rings (SSSR count). The summed E-state index contributed by atoms with van der Waals surface area (Å²) < 4.78 is 0. The van der Waals surface area contributed by atoms with E-state index in [-0.39, 0.29) is 11.2 Å². The van der Waals surface area contributed by atoms with Crippen LogP contribution in [0.15, 0.2) is 24.3 Å². The molecule has 0 fully saturated rings. The zero-order valence-electron chi connectivity index (χ0n) is 11.6. The summed E-state index contributed by atoms with van der Waals surface area (Å²) in [4.78, 5) is 13.9. The van der Waals surface area contributed by atoms with E-state index in [1.165, 1.54) is 11.1 Å². The quantitative estimate of drug-likeness (QED) is 0.796. The Hall–Kier alpha value is -1.15. The van der Waals surface area contributed by atoms with E-state index in [9.17, 15) is 4.79 Å². The molecule has 0 aliphatic rings. The third-order valence-electron chi connectivity index (χ3n) is 2.82. The number of rotatable bonds is 4. The number of carbonyl (C=O) groups excluding carboxylic acids is 1. The van der Waals surface area contributed by atoms with Crippen LogP contribution in [0.25, 0.3) is 0 Å². The first-order chi connectivity index (χ1) is 7.79. The van der Waals surface area contributed by atoms with E-state index in [4.69, 9.17) is 0 Å². The predicted octanol–water partition coefficient (Wildman–Crippen LogP) is 3.04. The molecule has 0 saturated heterocycles. The molecule has 0 saturated carbocycles. The van der Waals surface area contributed by atoms with Gasteiger partial charge in [0, 0.05) is 12.0 Å². The fraction of sp³-hybridized carbons (Fsp3) is 0.533. The van der Waals surface area contributed by atoms with Gasteiger partial charge in [0.1, 0.15) is 0 Å². The number of hydrogen-bond acceptors (Lipinski definition) is 2. The number of Topliss-reactive ketones (excluding diaryl/α,β-unsaturated/α-hetero) is 1.